The SMILES string of the molecule is Cc1cc(Br)cc(C)c1-n1c(=S)[nH]c2ccc(Cl)cc21. The van der Waals surface area contributed by atoms with Gasteiger partial charge in [0.15, 0.2) is 4.77 Å². The Kier molecular flexibility index (Phi) is 3.48. The molecule has 3 aromatic rings. The van der Waals surface area contributed by atoms with Crippen LogP contribution in [0.1, 0.15) is 11.1 Å². The van der Waals surface area contributed by atoms with E-state index in [4.69, 9.17) is 23.8 Å². The minimum absolute atomic E-state index is 0.677. The summed E-state index contributed by atoms with van der Waals surface area (Å²) in [6, 6.07) is 9.93. The molecule has 0 unspecified atom stereocenters. The van der Waals surface area contributed by atoms with Gasteiger partial charge < -0.3 is 4.98 Å². The lowest BCUT2D eigenvalue weighted by molar-refractivity contribution is 1.03. The first-order valence-electron chi connectivity index (χ1n) is 6.15. The van der Waals surface area contributed by atoms with Crippen LogP contribution >= 0.6 is 39.7 Å². The molecule has 0 spiro atoms. The number of imidazole rings is 1. The molecule has 0 aliphatic heterocycles. The van der Waals surface area contributed by atoms with Crippen LogP contribution in [0.3, 0.4) is 0 Å². The van der Waals surface area contributed by atoms with Crippen LogP contribution in [0.5, 0.6) is 0 Å². The molecule has 2 aromatic carbocycles. The number of nitrogens with one attached hydrogen (secondary N) is 1. The molecular formula is C15H12BrClN2S. The third-order valence-electron chi connectivity index (χ3n) is 3.32. The lowest BCUT2D eigenvalue weighted by Gasteiger charge is -2.13. The van der Waals surface area contributed by atoms with Crippen molar-refractivity contribution in [3.8, 4) is 5.69 Å². The number of aryl methyl sites for hydroxylation is 2. The van der Waals surface area contributed by atoms with Gasteiger partial charge in [-0.3, -0.25) is 4.57 Å². The maximum atomic E-state index is 6.12. The zero-order valence-electron chi connectivity index (χ0n) is 11.0. The van der Waals surface area contributed by atoms with Crippen LogP contribution in [0.15, 0.2) is 34.8 Å². The van der Waals surface area contributed by atoms with Crippen LogP contribution in [-0.2, 0) is 0 Å². The van der Waals surface area contributed by atoms with Crippen molar-refractivity contribution in [1.29, 1.82) is 0 Å². The number of aromatic amines is 1. The normalized spacial score (nSPS) is 11.2. The fourth-order valence-corrected chi connectivity index (χ4v) is 3.71. The minimum atomic E-state index is 0.677. The Morgan fingerprint density at radius 3 is 2.45 bits per heavy atom. The molecule has 1 aromatic heterocycles. The van der Waals surface area contributed by atoms with Crippen molar-refractivity contribution in [2.75, 3.05) is 0 Å². The minimum Gasteiger partial charge on any atom is -0.330 e. The van der Waals surface area contributed by atoms with E-state index in [0.29, 0.717) is 9.79 Å². The number of fused-ring (bicyclic) bond motifs is 1. The molecule has 0 aliphatic carbocycles. The summed E-state index contributed by atoms with van der Waals surface area (Å²) in [4.78, 5) is 3.23. The van der Waals surface area contributed by atoms with Gasteiger partial charge in [-0.1, -0.05) is 27.5 Å². The van der Waals surface area contributed by atoms with Crippen LogP contribution in [0.4, 0.5) is 0 Å². The van der Waals surface area contributed by atoms with Gasteiger partial charge >= 0.3 is 0 Å². The van der Waals surface area contributed by atoms with E-state index in [1.165, 1.54) is 0 Å². The average molecular weight is 368 g/mol. The highest BCUT2D eigenvalue weighted by atomic mass is 79.9. The number of halogens is 2. The fourth-order valence-electron chi connectivity index (χ4n) is 2.55. The predicted molar refractivity (Wildman–Crippen MR) is 90.6 cm³/mol. The van der Waals surface area contributed by atoms with Crippen LogP contribution < -0.4 is 0 Å². The number of rotatable bonds is 1. The van der Waals surface area contributed by atoms with E-state index in [9.17, 15) is 0 Å². The summed E-state index contributed by atoms with van der Waals surface area (Å²) in [5, 5.41) is 0.702. The molecule has 1 heterocycles. The van der Waals surface area contributed by atoms with Gasteiger partial charge in [0.2, 0.25) is 0 Å². The third-order valence-corrected chi connectivity index (χ3v) is 4.30. The summed E-state index contributed by atoms with van der Waals surface area (Å²) in [5.41, 5.74) is 5.41. The van der Waals surface area contributed by atoms with Gasteiger partial charge in [0.25, 0.3) is 0 Å². The lowest BCUT2D eigenvalue weighted by atomic mass is 10.1. The lowest BCUT2D eigenvalue weighted by Crippen LogP contribution is -2.00. The van der Waals surface area contributed by atoms with Crippen LogP contribution in [-0.4, -0.2) is 9.55 Å². The Morgan fingerprint density at radius 1 is 1.15 bits per heavy atom. The van der Waals surface area contributed by atoms with Gasteiger partial charge in [-0.15, -0.1) is 0 Å². The second-order valence-electron chi connectivity index (χ2n) is 4.82. The van der Waals surface area contributed by atoms with Crippen LogP contribution in [0.25, 0.3) is 16.7 Å². The fraction of sp³-hybridized carbons (Fsp3) is 0.133. The van der Waals surface area contributed by atoms with Gasteiger partial charge in [-0.05, 0) is 67.5 Å². The molecule has 102 valence electrons. The Balaban J connectivity index is 2.44. The number of benzene rings is 2. The monoisotopic (exact) mass is 366 g/mol. The highest BCUT2D eigenvalue weighted by Crippen LogP contribution is 2.29. The van der Waals surface area contributed by atoms with Gasteiger partial charge in [-0.25, -0.2) is 0 Å². The van der Waals surface area contributed by atoms with E-state index >= 15 is 0 Å². The first-order valence-corrected chi connectivity index (χ1v) is 7.72. The van der Waals surface area contributed by atoms with Gasteiger partial charge in [0, 0.05) is 9.50 Å². The highest BCUT2D eigenvalue weighted by Gasteiger charge is 2.12. The smallest absolute Gasteiger partial charge is 0.182 e. The number of hydrogen-bond acceptors (Lipinski definition) is 1. The number of nitrogens with zero attached hydrogens (tertiary/aromatic N) is 1. The molecule has 0 fully saturated rings. The number of aromatic nitrogens is 2. The van der Waals surface area contributed by atoms with E-state index in [2.05, 4.69) is 46.9 Å². The van der Waals surface area contributed by atoms with Crippen molar-refractivity contribution < 1.29 is 0 Å². The molecule has 0 saturated heterocycles. The molecule has 1 N–H and O–H groups in total. The molecule has 0 aliphatic rings. The summed E-state index contributed by atoms with van der Waals surface area (Å²) in [6.07, 6.45) is 0. The van der Waals surface area contributed by atoms with E-state index in [0.717, 1.165) is 32.3 Å². The molecule has 0 radical (unpaired) electrons. The molecule has 3 rings (SSSR count). The van der Waals surface area contributed by atoms with Crippen LogP contribution in [0, 0.1) is 18.6 Å². The zero-order valence-corrected chi connectivity index (χ0v) is 14.2. The van der Waals surface area contributed by atoms with E-state index in [1.807, 2.05) is 22.8 Å². The van der Waals surface area contributed by atoms with Gasteiger partial charge in [-0.2, -0.15) is 0 Å². The largest absolute Gasteiger partial charge is 0.330 e. The first kappa shape index (κ1) is 13.9. The zero-order chi connectivity index (χ0) is 14.4. The maximum Gasteiger partial charge on any atom is 0.182 e. The first-order chi connectivity index (χ1) is 9.47. The topological polar surface area (TPSA) is 20.7 Å². The molecular weight excluding hydrogens is 356 g/mol. The standard InChI is InChI=1S/C15H12BrClN2S/c1-8-5-10(16)6-9(2)14(8)19-13-7-11(17)3-4-12(13)18-15(19)20/h3-7H,1-2H3,(H,18,20). The average Bonchev–Trinajstić information content (AvgIpc) is 2.65. The molecule has 0 saturated carbocycles. The van der Waals surface area contributed by atoms with Crippen molar-refractivity contribution in [3.05, 3.63) is 55.7 Å². The quantitative estimate of drug-likeness (QED) is 0.545. The van der Waals surface area contributed by atoms with E-state index in [1.54, 1.807) is 0 Å². The Labute approximate surface area is 135 Å². The van der Waals surface area contributed by atoms with Crippen molar-refractivity contribution in [2.24, 2.45) is 0 Å². The second-order valence-corrected chi connectivity index (χ2v) is 6.55. The third kappa shape index (κ3) is 2.22. The molecule has 20 heavy (non-hydrogen) atoms. The van der Waals surface area contributed by atoms with Gasteiger partial charge in [0.1, 0.15) is 0 Å². The predicted octanol–water partition coefficient (Wildman–Crippen LogP) is 5.72. The molecule has 0 bridgehead atoms. The summed E-state index contributed by atoms with van der Waals surface area (Å²) in [5.74, 6) is 0. The van der Waals surface area contributed by atoms with Crippen molar-refractivity contribution in [2.45, 2.75) is 13.8 Å². The highest BCUT2D eigenvalue weighted by molar-refractivity contribution is 9.10. The molecule has 2 nitrogen and oxygen atoms in total. The summed E-state index contributed by atoms with van der Waals surface area (Å²) in [7, 11) is 0. The summed E-state index contributed by atoms with van der Waals surface area (Å²) >= 11 is 15.1. The Bertz CT molecular complexity index is 856. The number of hydrogen-bond donors (Lipinski definition) is 1. The summed E-state index contributed by atoms with van der Waals surface area (Å²) in [6.45, 7) is 4.16. The van der Waals surface area contributed by atoms with Crippen molar-refractivity contribution in [3.63, 3.8) is 0 Å². The van der Waals surface area contributed by atoms with E-state index < -0.39 is 0 Å². The summed E-state index contributed by atoms with van der Waals surface area (Å²) < 4.78 is 3.80. The second kappa shape index (κ2) is 5.02. The molecule has 0 amide bonds. The molecule has 5 heteroatoms. The van der Waals surface area contributed by atoms with Crippen molar-refractivity contribution in [1.82, 2.24) is 9.55 Å². The van der Waals surface area contributed by atoms with Crippen LogP contribution in [0.2, 0.25) is 5.02 Å². The van der Waals surface area contributed by atoms with E-state index in [-0.39, 0.29) is 0 Å². The van der Waals surface area contributed by atoms with Gasteiger partial charge in [0.05, 0.1) is 16.7 Å². The Morgan fingerprint density at radius 2 is 1.80 bits per heavy atom. The number of H-pyrrole nitrogens is 1. The van der Waals surface area contributed by atoms with Crippen molar-refractivity contribution >= 4 is 50.8 Å². The molecule has 0 atom stereocenters. The maximum absolute atomic E-state index is 6.12. The Hall–Kier alpha value is -1.10.